The second-order valence-corrected chi connectivity index (χ2v) is 3.44. The predicted molar refractivity (Wildman–Crippen MR) is 61.7 cm³/mol. The number of nitrogens with one attached hydrogen (secondary N) is 2. The Balaban J connectivity index is 0.00000289. The summed E-state index contributed by atoms with van der Waals surface area (Å²) in [4.78, 5) is 11.2. The highest BCUT2D eigenvalue weighted by Crippen LogP contribution is 1.95. The molecule has 0 aliphatic carbocycles. The number of nitrogens with zero attached hydrogens (tertiary/aromatic N) is 3. The maximum atomic E-state index is 11.2. The van der Waals surface area contributed by atoms with Crippen molar-refractivity contribution in [2.24, 2.45) is 5.10 Å². The van der Waals surface area contributed by atoms with Gasteiger partial charge in [0.2, 0.25) is 5.82 Å². The number of hydrogen-bond donors (Lipinski definition) is 3. The number of esters is 1. The summed E-state index contributed by atoms with van der Waals surface area (Å²) in [7, 11) is 0. The van der Waals surface area contributed by atoms with Crippen LogP contribution in [0, 0.1) is 6.92 Å². The Morgan fingerprint density at radius 3 is 2.83 bits per heavy atom. The van der Waals surface area contributed by atoms with Crippen molar-refractivity contribution in [3.63, 3.8) is 0 Å². The molecule has 1 rings (SSSR count). The average molecular weight is 277 g/mol. The summed E-state index contributed by atoms with van der Waals surface area (Å²) in [5.41, 5.74) is 3.24. The number of nitrogen functional groups attached to an aromatic ring is 1. The fourth-order valence-electron chi connectivity index (χ4n) is 1.09. The second kappa shape index (κ2) is 7.49. The van der Waals surface area contributed by atoms with Crippen LogP contribution < -0.4 is 28.4 Å². The lowest BCUT2D eigenvalue weighted by Gasteiger charge is -2.00. The van der Waals surface area contributed by atoms with Crippen LogP contribution in [0.1, 0.15) is 26.1 Å². The third kappa shape index (κ3) is 4.58. The molecule has 0 aromatic carbocycles. The highest BCUT2D eigenvalue weighted by molar-refractivity contribution is 5.97. The van der Waals surface area contributed by atoms with Gasteiger partial charge in [-0.3, -0.25) is 10.6 Å². The van der Waals surface area contributed by atoms with E-state index in [1.54, 1.807) is 20.8 Å². The van der Waals surface area contributed by atoms with Crippen LogP contribution in [0.5, 0.6) is 0 Å². The Kier molecular flexibility index (Phi) is 6.73. The summed E-state index contributed by atoms with van der Waals surface area (Å²) < 4.78 is 6.11. The van der Waals surface area contributed by atoms with E-state index in [0.29, 0.717) is 24.1 Å². The second-order valence-electron chi connectivity index (χ2n) is 3.44. The number of carbonyl (C=O) groups is 1. The minimum Gasteiger partial charge on any atom is -1.00 e. The maximum absolute atomic E-state index is 11.2. The van der Waals surface area contributed by atoms with Crippen molar-refractivity contribution in [1.29, 1.82) is 0 Å². The molecule has 0 aliphatic rings. The van der Waals surface area contributed by atoms with Crippen molar-refractivity contribution in [3.05, 3.63) is 5.82 Å². The van der Waals surface area contributed by atoms with E-state index in [4.69, 9.17) is 10.6 Å². The minimum atomic E-state index is -0.311. The van der Waals surface area contributed by atoms with E-state index in [9.17, 15) is 4.79 Å². The normalized spacial score (nSPS) is 10.7. The number of nitrogens with two attached hydrogens (primary N) is 1. The lowest BCUT2D eigenvalue weighted by Crippen LogP contribution is -3.00. The monoisotopic (exact) mass is 276 g/mol. The average Bonchev–Trinajstić information content (AvgIpc) is 2.57. The van der Waals surface area contributed by atoms with E-state index in [0.717, 1.165) is 0 Å². The van der Waals surface area contributed by atoms with Gasteiger partial charge in [0.1, 0.15) is 0 Å². The highest BCUT2D eigenvalue weighted by atomic mass is 35.5. The molecule has 8 nitrogen and oxygen atoms in total. The zero-order chi connectivity index (χ0) is 12.8. The van der Waals surface area contributed by atoms with Crippen molar-refractivity contribution in [3.8, 4) is 0 Å². The molecule has 9 heteroatoms. The SMILES string of the molecule is CCOC(=O)C/C(C)=N/Nc1n[nH]c(C)[n+]1N.[Cl-]. The minimum absolute atomic E-state index is 0. The molecule has 1 heterocycles. The molecule has 0 saturated heterocycles. The third-order valence-electron chi connectivity index (χ3n) is 1.97. The Morgan fingerprint density at radius 2 is 2.33 bits per heavy atom. The van der Waals surface area contributed by atoms with E-state index in [1.165, 1.54) is 4.68 Å². The number of rotatable bonds is 5. The Hall–Kier alpha value is -1.83. The first-order valence-electron chi connectivity index (χ1n) is 5.21. The standard InChI is InChI=1S/C9H16N6O2.ClH/c1-4-17-8(16)5-6(2)11-13-9-14-12-7(3)15(9)10;/h4-5,10H2,1-3H3,(H,13,14);1H/b11-6+;. The summed E-state index contributed by atoms with van der Waals surface area (Å²) in [6.07, 6.45) is 0.134. The number of anilines is 1. The molecule has 4 N–H and O–H groups in total. The van der Waals surface area contributed by atoms with Crippen molar-refractivity contribution in [2.45, 2.75) is 27.2 Å². The first-order chi connectivity index (χ1) is 8.04. The van der Waals surface area contributed by atoms with Gasteiger partial charge in [0.25, 0.3) is 0 Å². The van der Waals surface area contributed by atoms with Crippen LogP contribution in [-0.4, -0.2) is 28.5 Å². The van der Waals surface area contributed by atoms with Crippen LogP contribution in [0.25, 0.3) is 0 Å². The summed E-state index contributed by atoms with van der Waals surface area (Å²) >= 11 is 0. The molecular formula is C9H17ClN6O2. The zero-order valence-electron chi connectivity index (χ0n) is 10.5. The molecule has 0 aliphatic heterocycles. The Labute approximate surface area is 111 Å². The molecule has 1 aromatic rings. The van der Waals surface area contributed by atoms with E-state index in [-0.39, 0.29) is 24.8 Å². The fraction of sp³-hybridized carbons (Fsp3) is 0.556. The fourth-order valence-corrected chi connectivity index (χ4v) is 1.09. The van der Waals surface area contributed by atoms with Crippen LogP contribution in [-0.2, 0) is 9.53 Å². The number of hydrazone groups is 1. The third-order valence-corrected chi connectivity index (χ3v) is 1.97. The maximum Gasteiger partial charge on any atom is 0.421 e. The van der Waals surface area contributed by atoms with Gasteiger partial charge in [0.05, 0.1) is 18.7 Å². The van der Waals surface area contributed by atoms with Crippen LogP contribution in [0.2, 0.25) is 0 Å². The lowest BCUT2D eigenvalue weighted by atomic mass is 10.3. The summed E-state index contributed by atoms with van der Waals surface area (Å²) in [6, 6.07) is 0. The number of halogens is 1. The number of hydrogen-bond acceptors (Lipinski definition) is 6. The van der Waals surface area contributed by atoms with E-state index in [2.05, 4.69) is 20.7 Å². The first kappa shape index (κ1) is 16.2. The molecule has 0 saturated carbocycles. The van der Waals surface area contributed by atoms with Crippen LogP contribution in [0.15, 0.2) is 5.10 Å². The van der Waals surface area contributed by atoms with Crippen molar-refractivity contribution in [1.82, 2.24) is 10.2 Å². The number of ether oxygens (including phenoxy) is 1. The molecular weight excluding hydrogens is 260 g/mol. The van der Waals surface area contributed by atoms with Gasteiger partial charge < -0.3 is 17.1 Å². The first-order valence-corrected chi connectivity index (χ1v) is 5.21. The number of aromatic amines is 1. The molecule has 0 unspecified atom stereocenters. The lowest BCUT2D eigenvalue weighted by molar-refractivity contribution is -0.631. The van der Waals surface area contributed by atoms with Crippen LogP contribution in [0.4, 0.5) is 5.95 Å². The largest absolute Gasteiger partial charge is 1.00 e. The molecule has 0 atom stereocenters. The molecule has 18 heavy (non-hydrogen) atoms. The van der Waals surface area contributed by atoms with Gasteiger partial charge in [-0.05, 0) is 13.8 Å². The van der Waals surface area contributed by atoms with Gasteiger partial charge in [-0.15, -0.1) is 9.78 Å². The Morgan fingerprint density at radius 1 is 1.67 bits per heavy atom. The van der Waals surface area contributed by atoms with Gasteiger partial charge in [-0.1, -0.05) is 0 Å². The van der Waals surface area contributed by atoms with Crippen LogP contribution >= 0.6 is 0 Å². The van der Waals surface area contributed by atoms with Crippen molar-refractivity contribution < 1.29 is 26.6 Å². The van der Waals surface area contributed by atoms with Gasteiger partial charge in [-0.2, -0.15) is 10.5 Å². The van der Waals surface area contributed by atoms with E-state index < -0.39 is 0 Å². The molecule has 0 bridgehead atoms. The van der Waals surface area contributed by atoms with E-state index in [1.807, 2.05) is 0 Å². The Bertz CT molecular complexity index is 431. The number of H-pyrrole nitrogens is 1. The molecule has 0 spiro atoms. The molecule has 1 aromatic heterocycles. The summed E-state index contributed by atoms with van der Waals surface area (Å²) in [5.74, 6) is 6.38. The quantitative estimate of drug-likeness (QED) is 0.170. The molecule has 0 amide bonds. The topological polar surface area (TPSA) is 109 Å². The highest BCUT2D eigenvalue weighted by Gasteiger charge is 2.13. The van der Waals surface area contributed by atoms with Gasteiger partial charge >= 0.3 is 11.9 Å². The molecule has 0 radical (unpaired) electrons. The van der Waals surface area contributed by atoms with E-state index >= 15 is 0 Å². The van der Waals surface area contributed by atoms with Gasteiger partial charge in [0, 0.05) is 12.0 Å². The smallest absolute Gasteiger partial charge is 0.421 e. The van der Waals surface area contributed by atoms with Gasteiger partial charge in [-0.25, -0.2) is 0 Å². The number of aryl methyl sites for hydroxylation is 1. The summed E-state index contributed by atoms with van der Waals surface area (Å²) in [6.45, 7) is 5.60. The predicted octanol–water partition coefficient (Wildman–Crippen LogP) is -3.54. The van der Waals surface area contributed by atoms with Crippen molar-refractivity contribution >= 4 is 17.6 Å². The molecule has 102 valence electrons. The molecule has 0 fully saturated rings. The zero-order valence-corrected chi connectivity index (χ0v) is 11.3. The number of carbonyl (C=O) groups excluding carboxylic acids is 1. The van der Waals surface area contributed by atoms with Crippen molar-refractivity contribution in [2.75, 3.05) is 17.9 Å². The summed E-state index contributed by atoms with van der Waals surface area (Å²) in [5, 5.41) is 10.5. The number of aromatic nitrogens is 3. The van der Waals surface area contributed by atoms with Crippen LogP contribution in [0.3, 0.4) is 0 Å². The van der Waals surface area contributed by atoms with Gasteiger partial charge in [0.15, 0.2) is 0 Å².